The van der Waals surface area contributed by atoms with E-state index in [0.29, 0.717) is 0 Å². The maximum Gasteiger partial charge on any atom is 0.346 e. The van der Waals surface area contributed by atoms with E-state index in [0.717, 1.165) is 30.6 Å². The molecule has 1 N–H and O–H groups in total. The van der Waals surface area contributed by atoms with Crippen LogP contribution in [0.15, 0.2) is 66.2 Å². The van der Waals surface area contributed by atoms with E-state index in [1.807, 2.05) is 18.2 Å². The molecule has 0 unspecified atom stereocenters. The van der Waals surface area contributed by atoms with Gasteiger partial charge in [-0.3, -0.25) is 0 Å². The summed E-state index contributed by atoms with van der Waals surface area (Å²) in [6.07, 6.45) is 3.39. The molecule has 0 saturated carbocycles. The molecular weight excluding hydrogens is 396 g/mol. The number of aliphatic carboxylic acids is 1. The molecule has 2 aliphatic rings. The van der Waals surface area contributed by atoms with Gasteiger partial charge in [0.1, 0.15) is 11.6 Å². The third-order valence-electron chi connectivity index (χ3n) is 6.76. The third-order valence-corrected chi connectivity index (χ3v) is 6.76. The SMILES string of the molecule is CC1(C)c2ccccc2-c2ccc(N3CCCc4cc(/C=C(\C#N)C(=O)O)ccc43)cc21. The molecule has 0 aromatic heterocycles. The van der Waals surface area contributed by atoms with E-state index in [9.17, 15) is 4.79 Å². The molecule has 0 atom stereocenters. The van der Waals surface area contributed by atoms with Crippen LogP contribution in [0.1, 0.15) is 42.5 Å². The average molecular weight is 421 g/mol. The molecule has 0 spiro atoms. The number of fused-ring (bicyclic) bond motifs is 4. The van der Waals surface area contributed by atoms with Crippen LogP contribution < -0.4 is 4.90 Å². The zero-order valence-corrected chi connectivity index (χ0v) is 18.2. The summed E-state index contributed by atoms with van der Waals surface area (Å²) in [5.74, 6) is -1.20. The minimum atomic E-state index is -1.20. The number of carbonyl (C=O) groups is 1. The van der Waals surface area contributed by atoms with Gasteiger partial charge in [0.15, 0.2) is 0 Å². The quantitative estimate of drug-likeness (QED) is 0.413. The van der Waals surface area contributed by atoms with Crippen LogP contribution in [-0.2, 0) is 16.6 Å². The van der Waals surface area contributed by atoms with Gasteiger partial charge in [-0.1, -0.05) is 50.2 Å². The molecule has 1 heterocycles. The normalized spacial score (nSPS) is 16.0. The van der Waals surface area contributed by atoms with E-state index in [-0.39, 0.29) is 11.0 Å². The van der Waals surface area contributed by atoms with Crippen molar-refractivity contribution in [3.63, 3.8) is 0 Å². The molecule has 1 aliphatic heterocycles. The van der Waals surface area contributed by atoms with E-state index in [2.05, 4.69) is 61.2 Å². The first-order valence-electron chi connectivity index (χ1n) is 10.9. The number of rotatable bonds is 3. The highest BCUT2D eigenvalue weighted by Crippen LogP contribution is 2.50. The van der Waals surface area contributed by atoms with E-state index in [4.69, 9.17) is 10.4 Å². The number of anilines is 2. The van der Waals surface area contributed by atoms with Gasteiger partial charge in [-0.2, -0.15) is 5.26 Å². The minimum absolute atomic E-state index is 0.0419. The van der Waals surface area contributed by atoms with Gasteiger partial charge in [0, 0.05) is 23.3 Å². The first-order valence-corrected chi connectivity index (χ1v) is 10.9. The van der Waals surface area contributed by atoms with Gasteiger partial charge in [-0.25, -0.2) is 4.79 Å². The average Bonchev–Trinajstić information content (AvgIpc) is 3.03. The molecule has 0 radical (unpaired) electrons. The summed E-state index contributed by atoms with van der Waals surface area (Å²) in [6, 6.07) is 23.1. The van der Waals surface area contributed by atoms with Crippen LogP contribution in [0.5, 0.6) is 0 Å². The van der Waals surface area contributed by atoms with Gasteiger partial charge in [-0.05, 0) is 76.6 Å². The number of hydrogen-bond donors (Lipinski definition) is 1. The molecule has 0 fully saturated rings. The zero-order chi connectivity index (χ0) is 22.5. The summed E-state index contributed by atoms with van der Waals surface area (Å²) in [5, 5.41) is 18.2. The maximum absolute atomic E-state index is 11.2. The number of carboxylic acids is 1. The number of nitrogens with zero attached hydrogens (tertiary/aromatic N) is 2. The van der Waals surface area contributed by atoms with Crippen LogP contribution in [0.4, 0.5) is 11.4 Å². The summed E-state index contributed by atoms with van der Waals surface area (Å²) in [5.41, 5.74) is 9.31. The Morgan fingerprint density at radius 2 is 1.84 bits per heavy atom. The molecule has 4 nitrogen and oxygen atoms in total. The first-order chi connectivity index (χ1) is 15.4. The van der Waals surface area contributed by atoms with E-state index < -0.39 is 5.97 Å². The van der Waals surface area contributed by atoms with Crippen LogP contribution in [0.25, 0.3) is 17.2 Å². The molecule has 0 saturated heterocycles. The Kier molecular flexibility index (Phi) is 4.64. The molecule has 1 aliphatic carbocycles. The Morgan fingerprint density at radius 1 is 1.06 bits per heavy atom. The Labute approximate surface area is 188 Å². The van der Waals surface area contributed by atoms with E-state index >= 15 is 0 Å². The van der Waals surface area contributed by atoms with E-state index in [1.54, 1.807) is 6.07 Å². The van der Waals surface area contributed by atoms with Gasteiger partial charge in [-0.15, -0.1) is 0 Å². The summed E-state index contributed by atoms with van der Waals surface area (Å²) in [7, 11) is 0. The van der Waals surface area contributed by atoms with Crippen LogP contribution in [0.2, 0.25) is 0 Å². The number of benzene rings is 3. The van der Waals surface area contributed by atoms with Crippen molar-refractivity contribution in [2.75, 3.05) is 11.4 Å². The van der Waals surface area contributed by atoms with Crippen LogP contribution in [0, 0.1) is 11.3 Å². The lowest BCUT2D eigenvalue weighted by atomic mass is 9.82. The zero-order valence-electron chi connectivity index (χ0n) is 18.2. The number of carboxylic acid groups (broad SMARTS) is 1. The molecule has 32 heavy (non-hydrogen) atoms. The summed E-state index contributed by atoms with van der Waals surface area (Å²) < 4.78 is 0. The second kappa shape index (κ2) is 7.39. The van der Waals surface area contributed by atoms with Crippen molar-refractivity contribution in [3.05, 3.63) is 88.5 Å². The lowest BCUT2D eigenvalue weighted by Crippen LogP contribution is -2.25. The van der Waals surface area contributed by atoms with Gasteiger partial charge in [0.25, 0.3) is 0 Å². The smallest absolute Gasteiger partial charge is 0.346 e. The fourth-order valence-corrected chi connectivity index (χ4v) is 5.14. The second-order valence-corrected chi connectivity index (χ2v) is 9.02. The summed E-state index contributed by atoms with van der Waals surface area (Å²) in [4.78, 5) is 13.5. The second-order valence-electron chi connectivity index (χ2n) is 9.02. The van der Waals surface area contributed by atoms with Crippen molar-refractivity contribution in [2.24, 2.45) is 0 Å². The Morgan fingerprint density at radius 3 is 2.62 bits per heavy atom. The molecule has 0 bridgehead atoms. The van der Waals surface area contributed by atoms with E-state index in [1.165, 1.54) is 39.6 Å². The van der Waals surface area contributed by atoms with Crippen molar-refractivity contribution in [1.82, 2.24) is 0 Å². The molecule has 5 rings (SSSR count). The largest absolute Gasteiger partial charge is 0.477 e. The van der Waals surface area contributed by atoms with Crippen molar-refractivity contribution in [2.45, 2.75) is 32.1 Å². The first kappa shape index (κ1) is 20.1. The van der Waals surface area contributed by atoms with Gasteiger partial charge in [0.2, 0.25) is 0 Å². The molecule has 4 heteroatoms. The fraction of sp³-hybridized carbons (Fsp3) is 0.214. The van der Waals surface area contributed by atoms with Crippen LogP contribution in [-0.4, -0.2) is 17.6 Å². The number of hydrogen-bond acceptors (Lipinski definition) is 3. The summed E-state index contributed by atoms with van der Waals surface area (Å²) in [6.45, 7) is 5.52. The molecular formula is C28H24N2O2. The highest BCUT2D eigenvalue weighted by molar-refractivity contribution is 5.96. The topological polar surface area (TPSA) is 64.3 Å². The van der Waals surface area contributed by atoms with Crippen molar-refractivity contribution >= 4 is 23.4 Å². The highest BCUT2D eigenvalue weighted by atomic mass is 16.4. The van der Waals surface area contributed by atoms with Crippen LogP contribution >= 0.6 is 0 Å². The predicted octanol–water partition coefficient (Wildman–Crippen LogP) is 6.07. The lowest BCUT2D eigenvalue weighted by molar-refractivity contribution is -0.132. The fourth-order valence-electron chi connectivity index (χ4n) is 5.14. The van der Waals surface area contributed by atoms with Gasteiger partial charge >= 0.3 is 5.97 Å². The third kappa shape index (κ3) is 3.09. The lowest BCUT2D eigenvalue weighted by Gasteiger charge is -2.33. The number of nitriles is 1. The number of aryl methyl sites for hydroxylation is 1. The van der Waals surface area contributed by atoms with Crippen LogP contribution in [0.3, 0.4) is 0 Å². The standard InChI is InChI=1S/C28H24N2O2/c1-28(2)24-8-4-3-7-22(24)23-11-10-21(16-25(23)28)30-13-5-6-19-14-18(9-12-26(19)30)15-20(17-29)27(31)32/h3-4,7-12,14-16H,5-6,13H2,1-2H3,(H,31,32)/b20-15+. The Bertz CT molecular complexity index is 1330. The van der Waals surface area contributed by atoms with Crippen molar-refractivity contribution in [1.29, 1.82) is 5.26 Å². The van der Waals surface area contributed by atoms with Crippen molar-refractivity contribution in [3.8, 4) is 17.2 Å². The molecule has 3 aromatic rings. The molecule has 3 aromatic carbocycles. The molecule has 0 amide bonds. The highest BCUT2D eigenvalue weighted by Gasteiger charge is 2.35. The van der Waals surface area contributed by atoms with Gasteiger partial charge < -0.3 is 10.0 Å². The Balaban J connectivity index is 1.55. The van der Waals surface area contributed by atoms with Crippen molar-refractivity contribution < 1.29 is 9.90 Å². The van der Waals surface area contributed by atoms with Gasteiger partial charge in [0.05, 0.1) is 0 Å². The maximum atomic E-state index is 11.2. The molecule has 158 valence electrons. The predicted molar refractivity (Wildman–Crippen MR) is 127 cm³/mol. The monoisotopic (exact) mass is 420 g/mol. The minimum Gasteiger partial charge on any atom is -0.477 e. The Hall–Kier alpha value is -3.84. The summed E-state index contributed by atoms with van der Waals surface area (Å²) >= 11 is 0.